The van der Waals surface area contributed by atoms with Crippen LogP contribution in [0.4, 0.5) is 10.9 Å². The first-order valence-corrected chi connectivity index (χ1v) is 7.92. The molecule has 1 amide bonds. The summed E-state index contributed by atoms with van der Waals surface area (Å²) in [5, 5.41) is 13.2. The van der Waals surface area contributed by atoms with E-state index in [0.29, 0.717) is 35.7 Å². The third-order valence-electron chi connectivity index (χ3n) is 3.91. The van der Waals surface area contributed by atoms with Crippen molar-refractivity contribution < 1.29 is 9.90 Å². The van der Waals surface area contributed by atoms with Gasteiger partial charge in [-0.25, -0.2) is 4.98 Å². The number of thiazole rings is 1. The lowest BCUT2D eigenvalue weighted by atomic mass is 9.98. The second-order valence-corrected chi connectivity index (χ2v) is 6.57. The van der Waals surface area contributed by atoms with E-state index in [-0.39, 0.29) is 12.5 Å². The van der Waals surface area contributed by atoms with E-state index in [1.807, 2.05) is 4.90 Å². The number of anilines is 2. The molecule has 2 heterocycles. The molecule has 2 aliphatic rings. The summed E-state index contributed by atoms with van der Waals surface area (Å²) in [5.41, 5.74) is 5.87. The van der Waals surface area contributed by atoms with Gasteiger partial charge in [-0.05, 0) is 31.6 Å². The quantitative estimate of drug-likeness (QED) is 0.775. The second kappa shape index (κ2) is 5.57. The Morgan fingerprint density at radius 1 is 1.40 bits per heavy atom. The summed E-state index contributed by atoms with van der Waals surface area (Å²) in [6.45, 7) is 1.58. The fraction of sp³-hybridized carbons (Fsp3) is 0.692. The van der Waals surface area contributed by atoms with Crippen molar-refractivity contribution in [1.29, 1.82) is 0 Å². The van der Waals surface area contributed by atoms with Crippen LogP contribution in [0.1, 0.15) is 35.4 Å². The normalized spacial score (nSPS) is 20.1. The Balaban J connectivity index is 1.65. The number of nitrogen functional groups attached to an aromatic ring is 1. The largest absolute Gasteiger partial charge is 0.396 e. The maximum Gasteiger partial charge on any atom is 0.267 e. The van der Waals surface area contributed by atoms with Crippen LogP contribution in [-0.4, -0.2) is 46.6 Å². The van der Waals surface area contributed by atoms with Crippen molar-refractivity contribution in [2.24, 2.45) is 5.92 Å². The van der Waals surface area contributed by atoms with Crippen molar-refractivity contribution in [3.8, 4) is 0 Å². The molecule has 0 radical (unpaired) electrons. The van der Waals surface area contributed by atoms with Gasteiger partial charge in [-0.15, -0.1) is 0 Å². The van der Waals surface area contributed by atoms with Crippen molar-refractivity contribution in [3.05, 3.63) is 4.88 Å². The summed E-state index contributed by atoms with van der Waals surface area (Å²) in [6.07, 6.45) is 4.04. The van der Waals surface area contributed by atoms with Gasteiger partial charge >= 0.3 is 0 Å². The van der Waals surface area contributed by atoms with E-state index < -0.39 is 0 Å². The van der Waals surface area contributed by atoms with E-state index >= 15 is 0 Å². The minimum atomic E-state index is -0.0276. The van der Waals surface area contributed by atoms with Gasteiger partial charge in [-0.3, -0.25) is 4.79 Å². The molecule has 3 rings (SSSR count). The van der Waals surface area contributed by atoms with Crippen molar-refractivity contribution >= 4 is 28.2 Å². The molecule has 1 saturated carbocycles. The molecule has 20 heavy (non-hydrogen) atoms. The number of amides is 1. The number of nitrogens with one attached hydrogen (secondary N) is 1. The second-order valence-electron chi connectivity index (χ2n) is 5.57. The van der Waals surface area contributed by atoms with Crippen LogP contribution in [0.15, 0.2) is 0 Å². The zero-order valence-electron chi connectivity index (χ0n) is 11.3. The molecule has 1 aliphatic carbocycles. The zero-order chi connectivity index (χ0) is 14.1. The molecular formula is C13H20N4O2S. The maximum atomic E-state index is 12.5. The smallest absolute Gasteiger partial charge is 0.267 e. The molecular weight excluding hydrogens is 276 g/mol. The van der Waals surface area contributed by atoms with Crippen molar-refractivity contribution in [3.63, 3.8) is 0 Å². The number of hydrogen-bond acceptors (Lipinski definition) is 6. The van der Waals surface area contributed by atoms with E-state index in [4.69, 9.17) is 10.8 Å². The first-order valence-electron chi connectivity index (χ1n) is 7.10. The van der Waals surface area contributed by atoms with Gasteiger partial charge in [-0.2, -0.15) is 0 Å². The molecule has 110 valence electrons. The Morgan fingerprint density at radius 3 is 2.70 bits per heavy atom. The molecule has 6 nitrogen and oxygen atoms in total. The zero-order valence-corrected chi connectivity index (χ0v) is 12.2. The van der Waals surface area contributed by atoms with Crippen molar-refractivity contribution in [2.45, 2.75) is 31.7 Å². The number of likely N-dealkylation sites (tertiary alicyclic amines) is 1. The number of aliphatic hydroxyl groups excluding tert-OH is 1. The van der Waals surface area contributed by atoms with Crippen LogP contribution in [0.25, 0.3) is 0 Å². The van der Waals surface area contributed by atoms with E-state index in [1.165, 1.54) is 11.3 Å². The summed E-state index contributed by atoms with van der Waals surface area (Å²) in [4.78, 5) is 19.0. The average molecular weight is 296 g/mol. The number of piperidine rings is 1. The summed E-state index contributed by atoms with van der Waals surface area (Å²) in [7, 11) is 0. The summed E-state index contributed by atoms with van der Waals surface area (Å²) in [5.74, 6) is 0.623. The number of carbonyl (C=O) groups excluding carboxylic acids is 1. The minimum absolute atomic E-state index is 0.0276. The highest BCUT2D eigenvalue weighted by Crippen LogP contribution is 2.31. The Kier molecular flexibility index (Phi) is 3.80. The van der Waals surface area contributed by atoms with Crippen LogP contribution in [0.2, 0.25) is 0 Å². The van der Waals surface area contributed by atoms with Gasteiger partial charge in [0.15, 0.2) is 5.13 Å². The third kappa shape index (κ3) is 2.88. The predicted molar refractivity (Wildman–Crippen MR) is 78.9 cm³/mol. The fourth-order valence-corrected chi connectivity index (χ4v) is 3.34. The summed E-state index contributed by atoms with van der Waals surface area (Å²) >= 11 is 1.35. The van der Waals surface area contributed by atoms with Crippen LogP contribution >= 0.6 is 11.3 Å². The van der Waals surface area contributed by atoms with Gasteiger partial charge in [0.2, 0.25) is 0 Å². The number of aromatic nitrogens is 1. The Bertz CT molecular complexity index is 493. The van der Waals surface area contributed by atoms with E-state index in [1.54, 1.807) is 0 Å². The molecule has 0 atom stereocenters. The number of nitrogens with zero attached hydrogens (tertiary/aromatic N) is 2. The Morgan fingerprint density at radius 2 is 2.10 bits per heavy atom. The fourth-order valence-electron chi connectivity index (χ4n) is 2.41. The highest BCUT2D eigenvalue weighted by molar-refractivity contribution is 7.18. The standard InChI is InChI=1S/C13H20N4O2S/c14-11-10(20-13(16-11)15-9-1-2-9)12(19)17-5-3-8(7-18)4-6-17/h8-9,18H,1-7,14H2,(H,15,16). The molecule has 1 saturated heterocycles. The number of rotatable bonds is 4. The molecule has 1 aromatic rings. The summed E-state index contributed by atoms with van der Waals surface area (Å²) in [6, 6.07) is 0.504. The van der Waals surface area contributed by atoms with Crippen LogP contribution in [0.5, 0.6) is 0 Å². The number of aliphatic hydroxyl groups is 1. The highest BCUT2D eigenvalue weighted by Gasteiger charge is 2.28. The molecule has 1 aromatic heterocycles. The first kappa shape index (κ1) is 13.6. The van der Waals surface area contributed by atoms with E-state index in [0.717, 1.165) is 30.8 Å². The van der Waals surface area contributed by atoms with E-state index in [9.17, 15) is 4.79 Å². The molecule has 2 fully saturated rings. The van der Waals surface area contributed by atoms with Gasteiger partial charge in [0, 0.05) is 25.7 Å². The third-order valence-corrected chi connectivity index (χ3v) is 4.90. The Labute approximate surface area is 122 Å². The molecule has 4 N–H and O–H groups in total. The molecule has 1 aliphatic heterocycles. The van der Waals surface area contributed by atoms with Crippen LogP contribution in [-0.2, 0) is 0 Å². The van der Waals surface area contributed by atoms with Crippen molar-refractivity contribution in [2.75, 3.05) is 30.7 Å². The molecule has 7 heteroatoms. The highest BCUT2D eigenvalue weighted by atomic mass is 32.1. The van der Waals surface area contributed by atoms with Crippen molar-refractivity contribution in [1.82, 2.24) is 9.88 Å². The van der Waals surface area contributed by atoms with Crippen LogP contribution < -0.4 is 11.1 Å². The average Bonchev–Trinajstić information content (AvgIpc) is 3.20. The topological polar surface area (TPSA) is 91.5 Å². The SMILES string of the molecule is Nc1nc(NC2CC2)sc1C(=O)N1CCC(CO)CC1. The molecule has 0 unspecified atom stereocenters. The van der Waals surface area contributed by atoms with Gasteiger partial charge < -0.3 is 21.1 Å². The molecule has 0 spiro atoms. The first-order chi connectivity index (χ1) is 9.67. The lowest BCUT2D eigenvalue weighted by Gasteiger charge is -2.30. The van der Waals surface area contributed by atoms with Gasteiger partial charge in [0.05, 0.1) is 0 Å². The van der Waals surface area contributed by atoms with Gasteiger partial charge in [0.1, 0.15) is 10.7 Å². The number of carbonyl (C=O) groups is 1. The number of nitrogens with two attached hydrogens (primary N) is 1. The number of hydrogen-bond donors (Lipinski definition) is 3. The van der Waals surface area contributed by atoms with Gasteiger partial charge in [-0.1, -0.05) is 11.3 Å². The minimum Gasteiger partial charge on any atom is -0.396 e. The predicted octanol–water partition coefficient (Wildman–Crippen LogP) is 1.14. The van der Waals surface area contributed by atoms with Crippen LogP contribution in [0, 0.1) is 5.92 Å². The van der Waals surface area contributed by atoms with E-state index in [2.05, 4.69) is 10.3 Å². The maximum absolute atomic E-state index is 12.5. The lowest BCUT2D eigenvalue weighted by molar-refractivity contribution is 0.0656. The lowest BCUT2D eigenvalue weighted by Crippen LogP contribution is -2.39. The molecule has 0 aromatic carbocycles. The molecule has 0 bridgehead atoms. The van der Waals surface area contributed by atoms with Gasteiger partial charge in [0.25, 0.3) is 5.91 Å². The Hall–Kier alpha value is -1.34. The monoisotopic (exact) mass is 296 g/mol. The van der Waals surface area contributed by atoms with Crippen LogP contribution in [0.3, 0.4) is 0 Å². The summed E-state index contributed by atoms with van der Waals surface area (Å²) < 4.78 is 0.